The molecule has 0 amide bonds. The molecule has 0 aliphatic heterocycles. The van der Waals surface area contributed by atoms with Gasteiger partial charge in [-0.3, -0.25) is 0 Å². The topological polar surface area (TPSA) is 8.17 Å². The molecule has 2 heterocycles. The van der Waals surface area contributed by atoms with Crippen LogP contribution in [0.25, 0.3) is 103 Å². The van der Waals surface area contributed by atoms with Crippen LogP contribution in [0.2, 0.25) is 0 Å². The summed E-state index contributed by atoms with van der Waals surface area (Å²) in [6.07, 6.45) is 0. The molecule has 0 aliphatic rings. The van der Waals surface area contributed by atoms with Crippen molar-refractivity contribution >= 4 is 81.1 Å². The molecule has 0 spiro atoms. The van der Waals surface area contributed by atoms with E-state index in [0.717, 1.165) is 33.9 Å². The van der Waals surface area contributed by atoms with E-state index >= 15 is 0 Å². The number of thiophene rings is 1. The first-order chi connectivity index (χ1) is 33.3. The monoisotopic (exact) mass is 870 g/mol. The van der Waals surface area contributed by atoms with Gasteiger partial charge in [-0.2, -0.15) is 0 Å². The third kappa shape index (κ3) is 6.55. The van der Waals surface area contributed by atoms with Crippen LogP contribution in [0.5, 0.6) is 0 Å². The lowest BCUT2D eigenvalue weighted by Gasteiger charge is -2.29. The van der Waals surface area contributed by atoms with Crippen molar-refractivity contribution in [1.29, 1.82) is 0 Å². The average molecular weight is 871 g/mol. The first kappa shape index (κ1) is 38.9. The van der Waals surface area contributed by atoms with Gasteiger partial charge in [0.25, 0.3) is 0 Å². The molecule has 0 aliphatic carbocycles. The number of aromatic nitrogens is 1. The summed E-state index contributed by atoms with van der Waals surface area (Å²) < 4.78 is 5.02. The lowest BCUT2D eigenvalue weighted by Crippen LogP contribution is -2.11. The molecular formula is C64H42N2S. The van der Waals surface area contributed by atoms with Crippen molar-refractivity contribution in [3.05, 3.63) is 255 Å². The summed E-state index contributed by atoms with van der Waals surface area (Å²) in [7, 11) is 0. The Morgan fingerprint density at radius 2 is 0.866 bits per heavy atom. The van der Waals surface area contributed by atoms with E-state index in [1.807, 2.05) is 11.3 Å². The van der Waals surface area contributed by atoms with Crippen molar-refractivity contribution in [2.75, 3.05) is 4.90 Å². The van der Waals surface area contributed by atoms with Crippen LogP contribution < -0.4 is 4.90 Å². The second kappa shape index (κ2) is 16.2. The highest BCUT2D eigenvalue weighted by molar-refractivity contribution is 7.25. The van der Waals surface area contributed by atoms with Gasteiger partial charge >= 0.3 is 0 Å². The van der Waals surface area contributed by atoms with E-state index < -0.39 is 0 Å². The van der Waals surface area contributed by atoms with Crippen molar-refractivity contribution in [2.45, 2.75) is 0 Å². The molecule has 11 aromatic carbocycles. The Hall–Kier alpha value is -8.50. The van der Waals surface area contributed by atoms with Gasteiger partial charge in [0.2, 0.25) is 0 Å². The molecule has 0 atom stereocenters. The van der Waals surface area contributed by atoms with Gasteiger partial charge in [-0.05, 0) is 116 Å². The van der Waals surface area contributed by atoms with Crippen LogP contribution in [-0.4, -0.2) is 4.57 Å². The minimum absolute atomic E-state index is 1.08. The van der Waals surface area contributed by atoms with Crippen molar-refractivity contribution < 1.29 is 0 Å². The van der Waals surface area contributed by atoms with E-state index in [2.05, 4.69) is 264 Å². The summed E-state index contributed by atoms with van der Waals surface area (Å²) in [6.45, 7) is 0. The molecule has 2 nitrogen and oxygen atoms in total. The van der Waals surface area contributed by atoms with Gasteiger partial charge in [-0.25, -0.2) is 0 Å². The predicted octanol–water partition coefficient (Wildman–Crippen LogP) is 18.4. The molecule has 0 saturated heterocycles. The van der Waals surface area contributed by atoms with Gasteiger partial charge in [-0.1, -0.05) is 188 Å². The lowest BCUT2D eigenvalue weighted by molar-refractivity contribution is 1.18. The number of hydrogen-bond donors (Lipinski definition) is 0. The highest BCUT2D eigenvalue weighted by Gasteiger charge is 2.22. The highest BCUT2D eigenvalue weighted by Crippen LogP contribution is 2.47. The van der Waals surface area contributed by atoms with Gasteiger partial charge in [0, 0.05) is 53.6 Å². The van der Waals surface area contributed by atoms with Crippen LogP contribution in [0, 0.1) is 0 Å². The summed E-state index contributed by atoms with van der Waals surface area (Å²) in [5.41, 5.74) is 16.4. The van der Waals surface area contributed by atoms with E-state index in [9.17, 15) is 0 Å². The van der Waals surface area contributed by atoms with Crippen LogP contribution in [0.1, 0.15) is 0 Å². The second-order valence-electron chi connectivity index (χ2n) is 17.2. The molecule has 0 fully saturated rings. The van der Waals surface area contributed by atoms with Crippen LogP contribution in [-0.2, 0) is 0 Å². The van der Waals surface area contributed by atoms with E-state index in [1.165, 1.54) is 86.1 Å². The van der Waals surface area contributed by atoms with Crippen LogP contribution in [0.15, 0.2) is 255 Å². The number of benzene rings is 11. The number of rotatable bonds is 8. The molecule has 0 bridgehead atoms. The Morgan fingerprint density at radius 3 is 1.69 bits per heavy atom. The third-order valence-corrected chi connectivity index (χ3v) is 14.5. The summed E-state index contributed by atoms with van der Waals surface area (Å²) in [5, 5.41) is 7.56. The Kier molecular flexibility index (Phi) is 9.40. The van der Waals surface area contributed by atoms with Crippen molar-refractivity contribution in [1.82, 2.24) is 4.57 Å². The molecule has 67 heavy (non-hydrogen) atoms. The maximum atomic E-state index is 2.46. The largest absolute Gasteiger partial charge is 0.310 e. The maximum absolute atomic E-state index is 2.46. The molecule has 13 rings (SSSR count). The first-order valence-electron chi connectivity index (χ1n) is 22.9. The predicted molar refractivity (Wildman–Crippen MR) is 288 cm³/mol. The van der Waals surface area contributed by atoms with Crippen LogP contribution >= 0.6 is 11.3 Å². The highest BCUT2D eigenvalue weighted by atomic mass is 32.1. The fraction of sp³-hybridized carbons (Fsp3) is 0. The minimum atomic E-state index is 1.08. The SMILES string of the molecule is c1ccc(-c2cccc3cccc(-c4ccccc4N(c4ccc(-c5cccc6sc7ccccc7c56)cc4)c4cccc(-c5cccc6c5c5ccccc5n6-c5ccccc5)c4)c23)cc1. The van der Waals surface area contributed by atoms with Gasteiger partial charge in [0.05, 0.1) is 16.7 Å². The Balaban J connectivity index is 1.02. The zero-order chi connectivity index (χ0) is 44.3. The molecule has 314 valence electrons. The number of fused-ring (bicyclic) bond motifs is 7. The number of anilines is 3. The van der Waals surface area contributed by atoms with Gasteiger partial charge < -0.3 is 9.47 Å². The lowest BCUT2D eigenvalue weighted by atomic mass is 9.90. The fourth-order valence-corrected chi connectivity index (χ4v) is 11.6. The number of hydrogen-bond acceptors (Lipinski definition) is 2. The molecule has 0 radical (unpaired) electrons. The summed E-state index contributed by atoms with van der Waals surface area (Å²) >= 11 is 1.86. The van der Waals surface area contributed by atoms with E-state index in [0.29, 0.717) is 0 Å². The first-order valence-corrected chi connectivity index (χ1v) is 23.7. The van der Waals surface area contributed by atoms with Crippen molar-refractivity contribution in [3.63, 3.8) is 0 Å². The van der Waals surface area contributed by atoms with Gasteiger partial charge in [-0.15, -0.1) is 11.3 Å². The second-order valence-corrected chi connectivity index (χ2v) is 18.3. The Morgan fingerprint density at radius 1 is 0.313 bits per heavy atom. The van der Waals surface area contributed by atoms with Gasteiger partial charge in [0.15, 0.2) is 0 Å². The molecule has 13 aromatic rings. The fourth-order valence-electron chi connectivity index (χ4n) is 10.5. The molecule has 2 aromatic heterocycles. The molecule has 0 saturated carbocycles. The standard InChI is InChI=1S/C64H42N2S/c1-3-18-43(19-4-1)50-29-14-20-45-21-15-32-54(62(45)50)53-26-7-10-33-57(53)65(48-40-38-44(39-41-48)51-31-17-37-61-64(51)56-28-9-12-36-60(56)67-61)49-25-13-22-46(42-49)52-30-16-35-59-63(52)55-27-8-11-34-58(55)66(59)47-23-5-2-6-24-47/h1-42H. The van der Waals surface area contributed by atoms with Crippen LogP contribution in [0.4, 0.5) is 17.1 Å². The van der Waals surface area contributed by atoms with E-state index in [4.69, 9.17) is 0 Å². The van der Waals surface area contributed by atoms with E-state index in [-0.39, 0.29) is 0 Å². The normalized spacial score (nSPS) is 11.6. The zero-order valence-electron chi connectivity index (χ0n) is 36.6. The molecule has 0 N–H and O–H groups in total. The third-order valence-electron chi connectivity index (χ3n) is 13.4. The van der Waals surface area contributed by atoms with Crippen LogP contribution in [0.3, 0.4) is 0 Å². The van der Waals surface area contributed by atoms with E-state index in [1.54, 1.807) is 0 Å². The summed E-state index contributed by atoms with van der Waals surface area (Å²) in [4.78, 5) is 2.46. The number of nitrogens with zero attached hydrogens (tertiary/aromatic N) is 2. The smallest absolute Gasteiger partial charge is 0.0547 e. The Bertz CT molecular complexity index is 3970. The minimum Gasteiger partial charge on any atom is -0.310 e. The van der Waals surface area contributed by atoms with Crippen molar-refractivity contribution in [2.24, 2.45) is 0 Å². The quantitative estimate of drug-likeness (QED) is 0.148. The van der Waals surface area contributed by atoms with Gasteiger partial charge in [0.1, 0.15) is 0 Å². The Labute approximate surface area is 393 Å². The number of para-hydroxylation sites is 3. The van der Waals surface area contributed by atoms with Crippen molar-refractivity contribution in [3.8, 4) is 50.2 Å². The molecular weight excluding hydrogens is 829 g/mol. The average Bonchev–Trinajstić information content (AvgIpc) is 3.96. The molecule has 0 unspecified atom stereocenters. The molecule has 3 heteroatoms. The summed E-state index contributed by atoms with van der Waals surface area (Å²) in [6, 6.07) is 93.2. The summed E-state index contributed by atoms with van der Waals surface area (Å²) in [5.74, 6) is 0. The zero-order valence-corrected chi connectivity index (χ0v) is 37.4. The maximum Gasteiger partial charge on any atom is 0.0547 e.